The van der Waals surface area contributed by atoms with E-state index >= 15 is 0 Å². The summed E-state index contributed by atoms with van der Waals surface area (Å²) in [6.07, 6.45) is 8.72. The number of amides is 1. The second-order valence-electron chi connectivity index (χ2n) is 12.9. The molecule has 4 rings (SSSR count). The summed E-state index contributed by atoms with van der Waals surface area (Å²) in [6.45, 7) is 7.91. The lowest BCUT2D eigenvalue weighted by molar-refractivity contribution is -0.926. The maximum Gasteiger partial charge on any atom is 0.220 e. The normalized spacial score (nSPS) is 28.6. The fraction of sp³-hybridized carbons (Fsp3) is 0.618. The molecule has 0 bridgehead atoms. The van der Waals surface area contributed by atoms with Crippen LogP contribution in [0.15, 0.2) is 54.6 Å². The van der Waals surface area contributed by atoms with Crippen LogP contribution < -0.4 is 10.1 Å². The molecule has 5 nitrogen and oxygen atoms in total. The van der Waals surface area contributed by atoms with Crippen LogP contribution in [0.2, 0.25) is 0 Å². The van der Waals surface area contributed by atoms with Gasteiger partial charge in [0.2, 0.25) is 5.91 Å². The predicted octanol–water partition coefficient (Wildman–Crippen LogP) is 6.30. The van der Waals surface area contributed by atoms with Crippen molar-refractivity contribution in [2.75, 3.05) is 40.9 Å². The van der Waals surface area contributed by atoms with Gasteiger partial charge in [0.05, 0.1) is 27.2 Å². The third-order valence-corrected chi connectivity index (χ3v) is 9.48. The van der Waals surface area contributed by atoms with E-state index < -0.39 is 0 Å². The Bertz CT molecular complexity index is 1070. The van der Waals surface area contributed by atoms with E-state index in [-0.39, 0.29) is 23.0 Å². The molecule has 1 saturated carbocycles. The van der Waals surface area contributed by atoms with Crippen molar-refractivity contribution in [1.82, 2.24) is 5.32 Å². The van der Waals surface area contributed by atoms with E-state index in [1.807, 2.05) is 13.2 Å². The number of hydrogen-bond acceptors (Lipinski definition) is 3. The summed E-state index contributed by atoms with van der Waals surface area (Å²) >= 11 is 0. The van der Waals surface area contributed by atoms with E-state index in [9.17, 15) is 4.79 Å². The zero-order valence-electron chi connectivity index (χ0n) is 25.0. The molecule has 1 heterocycles. The molecule has 39 heavy (non-hydrogen) atoms. The Morgan fingerprint density at radius 2 is 1.85 bits per heavy atom. The Kier molecular flexibility index (Phi) is 9.77. The van der Waals surface area contributed by atoms with Crippen LogP contribution in [0, 0.1) is 5.92 Å². The zero-order valence-corrected chi connectivity index (χ0v) is 25.0. The number of benzene rings is 2. The molecule has 0 aromatic heterocycles. The lowest BCUT2D eigenvalue weighted by Crippen LogP contribution is -2.72. The highest BCUT2D eigenvalue weighted by atomic mass is 16.5. The van der Waals surface area contributed by atoms with Crippen molar-refractivity contribution in [2.24, 2.45) is 5.92 Å². The van der Waals surface area contributed by atoms with Crippen LogP contribution in [0.25, 0.3) is 0 Å². The lowest BCUT2D eigenvalue weighted by atomic mass is 9.54. The first-order valence-corrected chi connectivity index (χ1v) is 15.1. The lowest BCUT2D eigenvalue weighted by Gasteiger charge is -2.61. The Morgan fingerprint density at radius 1 is 1.05 bits per heavy atom. The number of methoxy groups -OCH3 is 2. The van der Waals surface area contributed by atoms with Crippen molar-refractivity contribution in [3.05, 3.63) is 65.7 Å². The molecule has 2 aliphatic rings. The van der Waals surface area contributed by atoms with E-state index in [0.29, 0.717) is 12.3 Å². The van der Waals surface area contributed by atoms with Gasteiger partial charge in [-0.15, -0.1) is 0 Å². The van der Waals surface area contributed by atoms with Crippen molar-refractivity contribution in [1.29, 1.82) is 0 Å². The molecule has 2 aromatic rings. The third-order valence-electron chi connectivity index (χ3n) is 9.48. The number of ether oxygens (including phenoxy) is 2. The van der Waals surface area contributed by atoms with Crippen LogP contribution in [-0.2, 0) is 21.4 Å². The molecule has 1 aliphatic heterocycles. The van der Waals surface area contributed by atoms with Crippen LogP contribution in [0.5, 0.6) is 5.75 Å². The van der Waals surface area contributed by atoms with Gasteiger partial charge >= 0.3 is 0 Å². The van der Waals surface area contributed by atoms with Gasteiger partial charge in [-0.2, -0.15) is 0 Å². The number of aryl methyl sites for hydroxylation is 1. The average molecular weight is 536 g/mol. The number of fused-ring (bicyclic) bond motifs is 1. The van der Waals surface area contributed by atoms with Crippen LogP contribution >= 0.6 is 0 Å². The highest BCUT2D eigenvalue weighted by molar-refractivity contribution is 5.76. The van der Waals surface area contributed by atoms with Crippen molar-refractivity contribution in [2.45, 2.75) is 88.7 Å². The van der Waals surface area contributed by atoms with Crippen molar-refractivity contribution in [3.8, 4) is 5.75 Å². The maximum absolute atomic E-state index is 13.1. The molecule has 1 N–H and O–H groups in total. The molecular formula is C34H51N2O3+. The molecule has 1 aliphatic carbocycles. The van der Waals surface area contributed by atoms with Gasteiger partial charge in [-0.25, -0.2) is 0 Å². The van der Waals surface area contributed by atoms with Gasteiger partial charge in [-0.05, 0) is 61.8 Å². The van der Waals surface area contributed by atoms with E-state index in [4.69, 9.17) is 9.47 Å². The van der Waals surface area contributed by atoms with Crippen molar-refractivity contribution < 1.29 is 18.8 Å². The zero-order chi connectivity index (χ0) is 27.9. The number of rotatable bonds is 12. The Morgan fingerprint density at radius 3 is 2.56 bits per heavy atom. The number of likely N-dealkylation sites (tertiary alicyclic amines) is 1. The highest BCUT2D eigenvalue weighted by Gasteiger charge is 2.62. The van der Waals surface area contributed by atoms with E-state index in [1.165, 1.54) is 11.1 Å². The summed E-state index contributed by atoms with van der Waals surface area (Å²) in [5.41, 5.74) is 2.25. The molecule has 5 heteroatoms. The molecule has 0 radical (unpaired) electrons. The summed E-state index contributed by atoms with van der Waals surface area (Å²) in [6, 6.07) is 19.4. The number of piperidine rings is 1. The number of unbranched alkanes of at least 4 members (excludes halogenated alkanes) is 2. The molecule has 1 saturated heterocycles. The van der Waals surface area contributed by atoms with Crippen LogP contribution in [0.3, 0.4) is 0 Å². The predicted molar refractivity (Wildman–Crippen MR) is 159 cm³/mol. The standard InChI is InChI=1S/C34H50N2O3/c1-27(2)25-36(3)22-21-33(29-16-12-17-31(23-29)38-4)24-30(19-20-34(33,26-36)39-5)35-32(37)18-11-7-10-15-28-13-8-6-9-14-28/h6,8-9,12-14,16-17,23,27,30H,7,10-11,15,18-22,24-26H2,1-5H3/p+1/t30-,33+,34?,36-/m0/s1. The number of likely N-dealkylation sites (N-methyl/N-ethyl adjacent to an activating group) is 1. The summed E-state index contributed by atoms with van der Waals surface area (Å²) in [7, 11) is 6.05. The van der Waals surface area contributed by atoms with Gasteiger partial charge in [-0.1, -0.05) is 62.7 Å². The topological polar surface area (TPSA) is 47.6 Å². The largest absolute Gasteiger partial charge is 0.497 e. The van der Waals surface area contributed by atoms with Crippen LogP contribution in [-0.4, -0.2) is 62.9 Å². The van der Waals surface area contributed by atoms with Crippen molar-refractivity contribution in [3.63, 3.8) is 0 Å². The number of quaternary nitrogens is 1. The van der Waals surface area contributed by atoms with Gasteiger partial charge in [0.15, 0.2) is 0 Å². The van der Waals surface area contributed by atoms with Gasteiger partial charge in [0.25, 0.3) is 0 Å². The SMILES string of the molecule is COc1cccc([C@]23CC[N@@+](C)(CC(C)C)CC2(OC)CC[C@H](NC(=O)CCCCCc2ccccc2)C3)c1. The van der Waals surface area contributed by atoms with Crippen LogP contribution in [0.4, 0.5) is 0 Å². The summed E-state index contributed by atoms with van der Waals surface area (Å²) in [5.74, 6) is 1.72. The summed E-state index contributed by atoms with van der Waals surface area (Å²) in [5, 5.41) is 3.45. The molecule has 1 unspecified atom stereocenters. The smallest absolute Gasteiger partial charge is 0.220 e. The molecular weight excluding hydrogens is 484 g/mol. The Balaban J connectivity index is 1.45. The van der Waals surface area contributed by atoms with Crippen molar-refractivity contribution >= 4 is 5.91 Å². The van der Waals surface area contributed by atoms with E-state index in [1.54, 1.807) is 7.11 Å². The third kappa shape index (κ3) is 6.86. The second-order valence-corrected chi connectivity index (χ2v) is 12.9. The quantitative estimate of drug-likeness (QED) is 0.256. The molecule has 2 aromatic carbocycles. The number of carbonyl (C=O) groups is 1. The second kappa shape index (κ2) is 12.9. The number of nitrogens with zero attached hydrogens (tertiary/aromatic N) is 1. The van der Waals surface area contributed by atoms with E-state index in [0.717, 1.165) is 81.2 Å². The monoisotopic (exact) mass is 535 g/mol. The minimum atomic E-state index is -0.264. The first-order chi connectivity index (χ1) is 18.7. The minimum absolute atomic E-state index is 0.156. The van der Waals surface area contributed by atoms with Gasteiger partial charge in [0.1, 0.15) is 17.9 Å². The Hall–Kier alpha value is -2.37. The summed E-state index contributed by atoms with van der Waals surface area (Å²) in [4.78, 5) is 13.1. The van der Waals surface area contributed by atoms with Gasteiger partial charge in [0, 0.05) is 37.3 Å². The number of hydrogen-bond donors (Lipinski definition) is 1. The molecule has 0 spiro atoms. The first kappa shape index (κ1) is 29.6. The highest BCUT2D eigenvalue weighted by Crippen LogP contribution is 2.55. The maximum atomic E-state index is 13.1. The fourth-order valence-electron chi connectivity index (χ4n) is 7.78. The Labute approximate surface area is 236 Å². The fourth-order valence-corrected chi connectivity index (χ4v) is 7.78. The molecule has 214 valence electrons. The number of nitrogens with one attached hydrogen (secondary N) is 1. The average Bonchev–Trinajstić information content (AvgIpc) is 2.93. The van der Waals surface area contributed by atoms with E-state index in [2.05, 4.69) is 74.7 Å². The molecule has 1 amide bonds. The van der Waals surface area contributed by atoms with Gasteiger partial charge in [-0.3, -0.25) is 4.79 Å². The first-order valence-electron chi connectivity index (χ1n) is 15.1. The summed E-state index contributed by atoms with van der Waals surface area (Å²) < 4.78 is 13.3. The van der Waals surface area contributed by atoms with Crippen LogP contribution in [0.1, 0.15) is 76.3 Å². The molecule has 4 atom stereocenters. The molecule has 2 fully saturated rings. The minimum Gasteiger partial charge on any atom is -0.497 e. The van der Waals surface area contributed by atoms with Gasteiger partial charge < -0.3 is 19.3 Å². The number of carbonyl (C=O) groups excluding carboxylic acids is 1.